The van der Waals surface area contributed by atoms with E-state index in [0.717, 1.165) is 18.8 Å². The first-order valence-electron chi connectivity index (χ1n) is 7.64. The lowest BCUT2D eigenvalue weighted by molar-refractivity contribution is 0.454. The first-order valence-corrected chi connectivity index (χ1v) is 7.64. The third-order valence-corrected chi connectivity index (χ3v) is 4.69. The quantitative estimate of drug-likeness (QED) is 0.910. The van der Waals surface area contributed by atoms with E-state index in [1.54, 1.807) is 0 Å². The molecule has 1 atom stereocenters. The van der Waals surface area contributed by atoms with Crippen LogP contribution in [0.1, 0.15) is 54.7 Å². The van der Waals surface area contributed by atoms with Crippen LogP contribution in [0.5, 0.6) is 0 Å². The molecule has 1 saturated carbocycles. The van der Waals surface area contributed by atoms with Crippen LogP contribution in [0.25, 0.3) is 0 Å². The van der Waals surface area contributed by atoms with E-state index >= 15 is 0 Å². The van der Waals surface area contributed by atoms with Crippen molar-refractivity contribution in [2.24, 2.45) is 0 Å². The number of hydrogen-bond acceptors (Lipinski definition) is 3. The van der Waals surface area contributed by atoms with Gasteiger partial charge in [-0.25, -0.2) is 0 Å². The first kappa shape index (κ1) is 12.1. The minimum atomic E-state index is 0.197. The van der Waals surface area contributed by atoms with Crippen molar-refractivity contribution in [2.45, 2.75) is 44.2 Å². The van der Waals surface area contributed by atoms with E-state index in [1.807, 2.05) is 6.33 Å². The van der Waals surface area contributed by atoms with Crippen molar-refractivity contribution in [3.05, 3.63) is 47.5 Å². The van der Waals surface area contributed by atoms with Crippen LogP contribution < -0.4 is 5.32 Å². The van der Waals surface area contributed by atoms with Gasteiger partial charge in [-0.1, -0.05) is 37.1 Å². The molecule has 4 nitrogen and oxygen atoms in total. The lowest BCUT2D eigenvalue weighted by Gasteiger charge is -2.27. The molecule has 0 saturated heterocycles. The Labute approximate surface area is 119 Å². The summed E-state index contributed by atoms with van der Waals surface area (Å²) in [6, 6.07) is 9.50. The highest BCUT2D eigenvalue weighted by Gasteiger charge is 2.28. The van der Waals surface area contributed by atoms with Crippen molar-refractivity contribution < 1.29 is 0 Å². The maximum atomic E-state index is 4.43. The van der Waals surface area contributed by atoms with Crippen LogP contribution in [-0.4, -0.2) is 21.3 Å². The molecular weight excluding hydrogens is 248 g/mol. The molecule has 4 rings (SSSR count). The van der Waals surface area contributed by atoms with E-state index in [1.165, 1.54) is 36.8 Å². The highest BCUT2D eigenvalue weighted by molar-refractivity contribution is 5.36. The largest absolute Gasteiger partial charge is 0.313 e. The van der Waals surface area contributed by atoms with Crippen molar-refractivity contribution in [1.82, 2.24) is 20.1 Å². The zero-order chi connectivity index (χ0) is 13.4. The number of rotatable bonds is 2. The summed E-state index contributed by atoms with van der Waals surface area (Å²) >= 11 is 0. The lowest BCUT2D eigenvalue weighted by Crippen LogP contribution is -2.33. The molecule has 2 aliphatic rings. The second-order valence-electron chi connectivity index (χ2n) is 5.87. The topological polar surface area (TPSA) is 42.7 Å². The number of aromatic nitrogens is 3. The van der Waals surface area contributed by atoms with Crippen LogP contribution in [0.4, 0.5) is 0 Å². The molecule has 2 heterocycles. The molecule has 0 radical (unpaired) electrons. The van der Waals surface area contributed by atoms with Gasteiger partial charge in [-0.15, -0.1) is 10.2 Å². The summed E-state index contributed by atoms with van der Waals surface area (Å²) in [6.45, 7) is 1.01. The van der Waals surface area contributed by atoms with Crippen LogP contribution >= 0.6 is 0 Å². The highest BCUT2D eigenvalue weighted by Crippen LogP contribution is 2.34. The van der Waals surface area contributed by atoms with Gasteiger partial charge in [0.1, 0.15) is 6.33 Å². The van der Waals surface area contributed by atoms with Gasteiger partial charge in [0.25, 0.3) is 0 Å². The summed E-state index contributed by atoms with van der Waals surface area (Å²) in [6.07, 6.45) is 8.21. The molecule has 1 aliphatic heterocycles. The molecular formula is C16H20N4. The van der Waals surface area contributed by atoms with Crippen LogP contribution in [0, 0.1) is 0 Å². The Bertz CT molecular complexity index is 598. The summed E-state index contributed by atoms with van der Waals surface area (Å²) in [5.41, 5.74) is 2.81. The van der Waals surface area contributed by atoms with E-state index in [-0.39, 0.29) is 6.04 Å². The van der Waals surface area contributed by atoms with Gasteiger partial charge in [0.15, 0.2) is 5.82 Å². The van der Waals surface area contributed by atoms with E-state index in [9.17, 15) is 0 Å². The Morgan fingerprint density at radius 1 is 1.15 bits per heavy atom. The van der Waals surface area contributed by atoms with Crippen LogP contribution in [0.3, 0.4) is 0 Å². The second kappa shape index (κ2) is 5.02. The van der Waals surface area contributed by atoms with Crippen molar-refractivity contribution in [2.75, 3.05) is 6.54 Å². The van der Waals surface area contributed by atoms with Gasteiger partial charge in [-0.05, 0) is 30.4 Å². The molecule has 0 amide bonds. The number of benzene rings is 1. The molecule has 104 valence electrons. The zero-order valence-electron chi connectivity index (χ0n) is 11.6. The van der Waals surface area contributed by atoms with Gasteiger partial charge in [0, 0.05) is 12.6 Å². The second-order valence-corrected chi connectivity index (χ2v) is 5.87. The monoisotopic (exact) mass is 268 g/mol. The first-order chi connectivity index (χ1) is 9.93. The Morgan fingerprint density at radius 3 is 2.90 bits per heavy atom. The van der Waals surface area contributed by atoms with E-state index in [2.05, 4.69) is 44.3 Å². The predicted octanol–water partition coefficient (Wildman–Crippen LogP) is 2.63. The fourth-order valence-corrected chi connectivity index (χ4v) is 3.66. The summed E-state index contributed by atoms with van der Waals surface area (Å²) < 4.78 is 2.31. The summed E-state index contributed by atoms with van der Waals surface area (Å²) in [5.74, 6) is 1.09. The normalized spacial score (nSPS) is 22.9. The minimum absolute atomic E-state index is 0.197. The molecule has 1 N–H and O–H groups in total. The predicted molar refractivity (Wildman–Crippen MR) is 77.5 cm³/mol. The molecule has 1 unspecified atom stereocenters. The van der Waals surface area contributed by atoms with Gasteiger partial charge < -0.3 is 9.88 Å². The third kappa shape index (κ3) is 1.95. The van der Waals surface area contributed by atoms with Gasteiger partial charge in [-0.2, -0.15) is 0 Å². The van der Waals surface area contributed by atoms with Crippen molar-refractivity contribution in [1.29, 1.82) is 0 Å². The van der Waals surface area contributed by atoms with Crippen molar-refractivity contribution in [3.63, 3.8) is 0 Å². The van der Waals surface area contributed by atoms with Crippen LogP contribution in [0.2, 0.25) is 0 Å². The number of nitrogens with one attached hydrogen (secondary N) is 1. The molecule has 1 fully saturated rings. The van der Waals surface area contributed by atoms with Gasteiger partial charge in [0.2, 0.25) is 0 Å². The van der Waals surface area contributed by atoms with Gasteiger partial charge >= 0.3 is 0 Å². The molecule has 20 heavy (non-hydrogen) atoms. The van der Waals surface area contributed by atoms with Crippen LogP contribution in [-0.2, 0) is 6.42 Å². The Balaban J connectivity index is 1.74. The maximum absolute atomic E-state index is 4.43. The Morgan fingerprint density at radius 2 is 2.00 bits per heavy atom. The Hall–Kier alpha value is -1.68. The molecule has 1 aromatic carbocycles. The van der Waals surface area contributed by atoms with Crippen LogP contribution in [0.15, 0.2) is 30.6 Å². The van der Waals surface area contributed by atoms with E-state index in [0.29, 0.717) is 6.04 Å². The van der Waals surface area contributed by atoms with E-state index in [4.69, 9.17) is 0 Å². The maximum Gasteiger partial charge on any atom is 0.154 e. The fourth-order valence-electron chi connectivity index (χ4n) is 3.66. The third-order valence-electron chi connectivity index (χ3n) is 4.69. The lowest BCUT2D eigenvalue weighted by atomic mass is 9.94. The number of fused-ring (bicyclic) bond motifs is 1. The number of hydrogen-bond donors (Lipinski definition) is 1. The molecule has 2 aromatic rings. The summed E-state index contributed by atoms with van der Waals surface area (Å²) in [5, 5.41) is 12.2. The minimum Gasteiger partial charge on any atom is -0.313 e. The fraction of sp³-hybridized carbons (Fsp3) is 0.500. The van der Waals surface area contributed by atoms with Crippen molar-refractivity contribution in [3.8, 4) is 0 Å². The Kier molecular flexibility index (Phi) is 3.03. The average Bonchev–Trinajstić information content (AvgIpc) is 3.17. The SMILES string of the molecule is c1ccc2c(c1)CCNC2c1nncn1C1CCCC1. The summed E-state index contributed by atoms with van der Waals surface area (Å²) in [4.78, 5) is 0. The molecule has 1 aliphatic carbocycles. The van der Waals surface area contributed by atoms with Crippen molar-refractivity contribution >= 4 is 0 Å². The average molecular weight is 268 g/mol. The van der Waals surface area contributed by atoms with Gasteiger partial charge in [-0.3, -0.25) is 0 Å². The molecule has 4 heteroatoms. The zero-order valence-corrected chi connectivity index (χ0v) is 11.6. The van der Waals surface area contributed by atoms with Gasteiger partial charge in [0.05, 0.1) is 6.04 Å². The molecule has 1 aromatic heterocycles. The van der Waals surface area contributed by atoms with E-state index < -0.39 is 0 Å². The number of nitrogens with zero attached hydrogens (tertiary/aromatic N) is 3. The highest BCUT2D eigenvalue weighted by atomic mass is 15.3. The standard InChI is InChI=1S/C16H20N4/c1-4-8-14-12(5-1)9-10-17-15(14)16-19-18-11-20(16)13-6-2-3-7-13/h1,4-5,8,11,13,15,17H,2-3,6-7,9-10H2. The molecule has 0 bridgehead atoms. The smallest absolute Gasteiger partial charge is 0.154 e. The molecule has 0 spiro atoms. The summed E-state index contributed by atoms with van der Waals surface area (Å²) in [7, 11) is 0.